The van der Waals surface area contributed by atoms with Gasteiger partial charge in [-0.15, -0.1) is 0 Å². The topological polar surface area (TPSA) is 66.8 Å². The van der Waals surface area contributed by atoms with Crippen molar-refractivity contribution in [2.24, 2.45) is 0 Å². The lowest BCUT2D eigenvalue weighted by atomic mass is 9.77. The molecule has 1 aromatic rings. The summed E-state index contributed by atoms with van der Waals surface area (Å²) in [5.74, 6) is 0.352. The van der Waals surface area contributed by atoms with Crippen molar-refractivity contribution in [2.45, 2.75) is 6.92 Å². The zero-order valence-corrected chi connectivity index (χ0v) is 8.86. The van der Waals surface area contributed by atoms with Crippen LogP contribution in [-0.4, -0.2) is 30.1 Å². The molecule has 0 aliphatic heterocycles. The maximum Gasteiger partial charge on any atom is 0.489 e. The van der Waals surface area contributed by atoms with Gasteiger partial charge in [0.05, 0.1) is 11.6 Å². The molecule has 0 aliphatic carbocycles. The molecule has 80 valence electrons. The van der Waals surface area contributed by atoms with Crippen molar-refractivity contribution in [1.29, 1.82) is 0 Å². The smallest absolute Gasteiger partial charge is 0.489 e. The molecular weight excluding hydrogens is 218 g/mol. The quantitative estimate of drug-likeness (QED) is 0.572. The van der Waals surface area contributed by atoms with E-state index >= 15 is 0 Å². The highest BCUT2D eigenvalue weighted by Crippen LogP contribution is 2.26. The van der Waals surface area contributed by atoms with E-state index in [1.165, 1.54) is 12.1 Å². The molecule has 6 heteroatoms. The Balaban J connectivity index is 3.26. The molecule has 2 N–H and O–H groups in total. The van der Waals surface area contributed by atoms with Gasteiger partial charge in [0.1, 0.15) is 5.75 Å². The second-order valence-electron chi connectivity index (χ2n) is 2.81. The molecule has 0 spiro atoms. The van der Waals surface area contributed by atoms with E-state index < -0.39 is 7.12 Å². The molecule has 0 aromatic heterocycles. The number of carbonyl (C=O) groups is 1. The van der Waals surface area contributed by atoms with Crippen molar-refractivity contribution in [3.05, 3.63) is 22.7 Å². The Morgan fingerprint density at radius 2 is 2.20 bits per heavy atom. The summed E-state index contributed by atoms with van der Waals surface area (Å²) in [6.07, 6.45) is 0.472. The summed E-state index contributed by atoms with van der Waals surface area (Å²) in [5.41, 5.74) is 0.107. The number of carbonyl (C=O) groups excluding carboxylic acids is 1. The molecule has 0 atom stereocenters. The lowest BCUT2D eigenvalue weighted by Crippen LogP contribution is -2.33. The summed E-state index contributed by atoms with van der Waals surface area (Å²) in [6.45, 7) is 2.20. The fourth-order valence-electron chi connectivity index (χ4n) is 1.20. The minimum absolute atomic E-state index is 0.0395. The van der Waals surface area contributed by atoms with Gasteiger partial charge in [0.2, 0.25) is 0 Å². The molecule has 1 aromatic carbocycles. The van der Waals surface area contributed by atoms with Crippen LogP contribution in [0.25, 0.3) is 0 Å². The highest BCUT2D eigenvalue weighted by Gasteiger charge is 2.20. The number of rotatable bonds is 4. The highest BCUT2D eigenvalue weighted by atomic mass is 35.5. The Morgan fingerprint density at radius 1 is 1.53 bits per heavy atom. The number of ether oxygens (including phenoxy) is 1. The van der Waals surface area contributed by atoms with Crippen molar-refractivity contribution < 1.29 is 19.6 Å². The van der Waals surface area contributed by atoms with Crippen LogP contribution >= 0.6 is 11.6 Å². The van der Waals surface area contributed by atoms with Crippen LogP contribution < -0.4 is 10.2 Å². The SMILES string of the molecule is CCOc1ccc(B(O)O)c(C=O)c1Cl. The molecule has 4 nitrogen and oxygen atoms in total. The molecule has 0 unspecified atom stereocenters. The molecule has 0 saturated heterocycles. The second kappa shape index (κ2) is 5.16. The highest BCUT2D eigenvalue weighted by molar-refractivity contribution is 6.60. The van der Waals surface area contributed by atoms with Gasteiger partial charge in [-0.3, -0.25) is 4.79 Å². The van der Waals surface area contributed by atoms with Crippen LogP contribution in [0.5, 0.6) is 5.75 Å². The van der Waals surface area contributed by atoms with Gasteiger partial charge >= 0.3 is 7.12 Å². The van der Waals surface area contributed by atoms with Crippen LogP contribution in [0.2, 0.25) is 5.02 Å². The number of hydrogen-bond acceptors (Lipinski definition) is 4. The first kappa shape index (κ1) is 12.0. The molecule has 1 rings (SSSR count). The number of hydrogen-bond donors (Lipinski definition) is 2. The Hall–Kier alpha value is -1.04. The molecule has 0 aliphatic rings. The minimum atomic E-state index is -1.72. The zero-order chi connectivity index (χ0) is 11.4. The lowest BCUT2D eigenvalue weighted by molar-refractivity contribution is 0.112. The van der Waals surface area contributed by atoms with E-state index in [4.69, 9.17) is 26.4 Å². The van der Waals surface area contributed by atoms with Crippen LogP contribution in [-0.2, 0) is 0 Å². The predicted octanol–water partition coefficient (Wildman–Crippen LogP) is 0.231. The first-order chi connectivity index (χ1) is 7.11. The van der Waals surface area contributed by atoms with E-state index in [1.54, 1.807) is 6.92 Å². The molecule has 0 saturated carbocycles. The van der Waals surface area contributed by atoms with E-state index in [1.807, 2.05) is 0 Å². The van der Waals surface area contributed by atoms with E-state index in [2.05, 4.69) is 0 Å². The molecule has 0 fully saturated rings. The number of aldehydes is 1. The summed E-state index contributed by atoms with van der Waals surface area (Å²) >= 11 is 5.86. The molecule has 0 bridgehead atoms. The van der Waals surface area contributed by atoms with Gasteiger partial charge in [0.25, 0.3) is 0 Å². The van der Waals surface area contributed by atoms with Gasteiger partial charge in [0, 0.05) is 5.56 Å². The van der Waals surface area contributed by atoms with Crippen LogP contribution in [0.1, 0.15) is 17.3 Å². The van der Waals surface area contributed by atoms with Crippen molar-refractivity contribution in [3.63, 3.8) is 0 Å². The number of benzene rings is 1. The van der Waals surface area contributed by atoms with Crippen molar-refractivity contribution >= 4 is 30.5 Å². The van der Waals surface area contributed by atoms with Gasteiger partial charge in [-0.1, -0.05) is 17.7 Å². The first-order valence-corrected chi connectivity index (χ1v) is 4.76. The van der Waals surface area contributed by atoms with Crippen molar-refractivity contribution in [3.8, 4) is 5.75 Å². The standard InChI is InChI=1S/C9H10BClO4/c1-2-15-8-4-3-7(10(13)14)6(5-12)9(8)11/h3-5,13-14H,2H2,1H3. The third-order valence-corrected chi connectivity index (χ3v) is 2.26. The maximum absolute atomic E-state index is 10.7. The van der Waals surface area contributed by atoms with E-state index in [9.17, 15) is 4.79 Å². The molecule has 0 radical (unpaired) electrons. The average molecular weight is 228 g/mol. The van der Waals surface area contributed by atoms with Gasteiger partial charge in [0.15, 0.2) is 6.29 Å². The van der Waals surface area contributed by atoms with Crippen LogP contribution in [0.15, 0.2) is 12.1 Å². The van der Waals surface area contributed by atoms with Crippen molar-refractivity contribution in [2.75, 3.05) is 6.61 Å². The van der Waals surface area contributed by atoms with Crippen LogP contribution in [0.4, 0.5) is 0 Å². The van der Waals surface area contributed by atoms with E-state index in [0.717, 1.165) is 0 Å². The first-order valence-electron chi connectivity index (χ1n) is 4.38. The summed E-state index contributed by atoms with van der Waals surface area (Å²) in [4.78, 5) is 10.7. The van der Waals surface area contributed by atoms with E-state index in [0.29, 0.717) is 18.6 Å². The second-order valence-corrected chi connectivity index (χ2v) is 3.18. The third kappa shape index (κ3) is 2.50. The third-order valence-electron chi connectivity index (χ3n) is 1.87. The van der Waals surface area contributed by atoms with Gasteiger partial charge in [-0.05, 0) is 18.5 Å². The zero-order valence-electron chi connectivity index (χ0n) is 8.11. The van der Waals surface area contributed by atoms with Crippen LogP contribution in [0, 0.1) is 0 Å². The minimum Gasteiger partial charge on any atom is -0.492 e. The number of halogens is 1. The molecule has 15 heavy (non-hydrogen) atoms. The summed E-state index contributed by atoms with van der Waals surface area (Å²) < 4.78 is 5.16. The molecular formula is C9H10BClO4. The molecule has 0 heterocycles. The Morgan fingerprint density at radius 3 is 2.67 bits per heavy atom. The molecule has 0 amide bonds. The predicted molar refractivity (Wildman–Crippen MR) is 57.8 cm³/mol. The normalized spacial score (nSPS) is 9.87. The van der Waals surface area contributed by atoms with Crippen LogP contribution in [0.3, 0.4) is 0 Å². The largest absolute Gasteiger partial charge is 0.492 e. The fraction of sp³-hybridized carbons (Fsp3) is 0.222. The van der Waals surface area contributed by atoms with Gasteiger partial charge < -0.3 is 14.8 Å². The Kier molecular flexibility index (Phi) is 4.14. The fourth-order valence-corrected chi connectivity index (χ4v) is 1.47. The van der Waals surface area contributed by atoms with Gasteiger partial charge in [-0.2, -0.15) is 0 Å². The summed E-state index contributed by atoms with van der Waals surface area (Å²) in [6, 6.07) is 2.89. The lowest BCUT2D eigenvalue weighted by Gasteiger charge is -2.10. The monoisotopic (exact) mass is 228 g/mol. The Labute approximate surface area is 92.6 Å². The summed E-state index contributed by atoms with van der Waals surface area (Å²) in [7, 11) is -1.72. The summed E-state index contributed by atoms with van der Waals surface area (Å²) in [5, 5.41) is 18.1. The maximum atomic E-state index is 10.7. The van der Waals surface area contributed by atoms with Crippen molar-refractivity contribution in [1.82, 2.24) is 0 Å². The average Bonchev–Trinajstić information content (AvgIpc) is 2.20. The van der Waals surface area contributed by atoms with E-state index in [-0.39, 0.29) is 16.0 Å². The Bertz CT molecular complexity index is 367. The van der Waals surface area contributed by atoms with Gasteiger partial charge in [-0.25, -0.2) is 0 Å².